The minimum atomic E-state index is -4.13. The highest BCUT2D eigenvalue weighted by Gasteiger charge is 2.33. The molecule has 0 atom stereocenters. The van der Waals surface area contributed by atoms with Gasteiger partial charge in [0.05, 0.1) is 13.2 Å². The van der Waals surface area contributed by atoms with Crippen LogP contribution in [-0.4, -0.2) is 49.8 Å². The zero-order valence-electron chi connectivity index (χ0n) is 16.9. The molecule has 0 bridgehead atoms. The summed E-state index contributed by atoms with van der Waals surface area (Å²) in [5, 5.41) is 3.20. The van der Waals surface area contributed by atoms with Crippen molar-refractivity contribution in [3.05, 3.63) is 45.7 Å². The van der Waals surface area contributed by atoms with Gasteiger partial charge >= 0.3 is 5.97 Å². The van der Waals surface area contributed by atoms with Crippen LogP contribution >= 0.6 is 11.6 Å². The smallest absolute Gasteiger partial charge is 0.341 e. The van der Waals surface area contributed by atoms with E-state index in [0.29, 0.717) is 22.1 Å². The van der Waals surface area contributed by atoms with E-state index in [1.54, 1.807) is 45.9 Å². The summed E-state index contributed by atoms with van der Waals surface area (Å²) >= 11 is 5.90. The number of nitrogens with one attached hydrogen (secondary N) is 2. The fourth-order valence-electron chi connectivity index (χ4n) is 2.93. The first-order chi connectivity index (χ1) is 13.5. The van der Waals surface area contributed by atoms with Gasteiger partial charge in [0.1, 0.15) is 10.5 Å². The van der Waals surface area contributed by atoms with Gasteiger partial charge in [-0.3, -0.25) is 4.79 Å². The molecule has 10 heteroatoms. The van der Waals surface area contributed by atoms with E-state index in [0.717, 1.165) is 9.87 Å². The Kier molecular flexibility index (Phi) is 7.10. The summed E-state index contributed by atoms with van der Waals surface area (Å²) in [5.41, 5.74) is 1.91. The second kappa shape index (κ2) is 8.98. The van der Waals surface area contributed by atoms with Crippen LogP contribution in [0.5, 0.6) is 0 Å². The van der Waals surface area contributed by atoms with Gasteiger partial charge in [0.25, 0.3) is 0 Å². The Morgan fingerprint density at radius 3 is 2.45 bits per heavy atom. The number of aromatic nitrogens is 1. The second-order valence-electron chi connectivity index (χ2n) is 6.57. The molecule has 29 heavy (non-hydrogen) atoms. The standard InChI is InChI=1S/C19H24ClN3O5S/c1-6-28-19(25)17-12(3)21-13(4)18(17)29(26,27)23(5)10-16(24)22-15-8-7-14(20)9-11(15)2/h7-9,21H,6,10H2,1-5H3,(H,22,24). The van der Waals surface area contributed by atoms with Gasteiger partial charge in [0.2, 0.25) is 15.9 Å². The zero-order chi connectivity index (χ0) is 21.9. The number of anilines is 1. The Balaban J connectivity index is 2.27. The number of rotatable bonds is 7. The third kappa shape index (κ3) is 4.98. The van der Waals surface area contributed by atoms with Crippen molar-refractivity contribution < 1.29 is 22.7 Å². The molecule has 1 aromatic carbocycles. The molecular weight excluding hydrogens is 418 g/mol. The van der Waals surface area contributed by atoms with E-state index >= 15 is 0 Å². The van der Waals surface area contributed by atoms with Crippen molar-refractivity contribution in [2.45, 2.75) is 32.6 Å². The molecule has 0 radical (unpaired) electrons. The van der Waals surface area contributed by atoms with Gasteiger partial charge in [-0.05, 0) is 51.5 Å². The molecule has 0 aliphatic heterocycles. The molecule has 0 unspecified atom stereocenters. The molecule has 0 aliphatic carbocycles. The van der Waals surface area contributed by atoms with Crippen LogP contribution in [0.2, 0.25) is 5.02 Å². The first-order valence-electron chi connectivity index (χ1n) is 8.87. The molecule has 0 aliphatic rings. The molecule has 1 amide bonds. The van der Waals surface area contributed by atoms with Crippen LogP contribution in [0.25, 0.3) is 0 Å². The average Bonchev–Trinajstić information content (AvgIpc) is 2.92. The van der Waals surface area contributed by atoms with Crippen LogP contribution in [0.3, 0.4) is 0 Å². The summed E-state index contributed by atoms with van der Waals surface area (Å²) in [6, 6.07) is 4.96. The summed E-state index contributed by atoms with van der Waals surface area (Å²) in [6.45, 7) is 6.23. The first-order valence-corrected chi connectivity index (χ1v) is 10.7. The number of carbonyl (C=O) groups is 2. The number of benzene rings is 1. The average molecular weight is 442 g/mol. The van der Waals surface area contributed by atoms with Gasteiger partial charge in [0, 0.05) is 29.1 Å². The van der Waals surface area contributed by atoms with Gasteiger partial charge in [-0.25, -0.2) is 13.2 Å². The van der Waals surface area contributed by atoms with E-state index in [4.69, 9.17) is 16.3 Å². The Hall–Kier alpha value is -2.36. The highest BCUT2D eigenvalue weighted by atomic mass is 35.5. The van der Waals surface area contributed by atoms with E-state index in [9.17, 15) is 18.0 Å². The van der Waals surface area contributed by atoms with E-state index in [-0.39, 0.29) is 17.1 Å². The number of halogens is 1. The number of esters is 1. The third-order valence-corrected chi connectivity index (χ3v) is 6.51. The predicted molar refractivity (Wildman–Crippen MR) is 111 cm³/mol. The van der Waals surface area contributed by atoms with Crippen molar-refractivity contribution in [2.24, 2.45) is 0 Å². The van der Waals surface area contributed by atoms with Crippen molar-refractivity contribution in [3.63, 3.8) is 0 Å². The number of amides is 1. The Morgan fingerprint density at radius 2 is 1.86 bits per heavy atom. The zero-order valence-corrected chi connectivity index (χ0v) is 18.5. The molecule has 158 valence electrons. The number of sulfonamides is 1. The van der Waals surface area contributed by atoms with E-state index < -0.39 is 28.4 Å². The lowest BCUT2D eigenvalue weighted by molar-refractivity contribution is -0.116. The van der Waals surface area contributed by atoms with Crippen molar-refractivity contribution in [2.75, 3.05) is 25.5 Å². The van der Waals surface area contributed by atoms with E-state index in [1.807, 2.05) is 0 Å². The number of H-pyrrole nitrogens is 1. The molecule has 0 saturated carbocycles. The normalized spacial score (nSPS) is 11.6. The molecular formula is C19H24ClN3O5S. The van der Waals surface area contributed by atoms with Crippen molar-refractivity contribution in [1.29, 1.82) is 0 Å². The monoisotopic (exact) mass is 441 g/mol. The lowest BCUT2D eigenvalue weighted by atomic mass is 10.2. The van der Waals surface area contributed by atoms with Crippen LogP contribution in [0.4, 0.5) is 5.69 Å². The van der Waals surface area contributed by atoms with Gasteiger partial charge < -0.3 is 15.0 Å². The quantitative estimate of drug-likeness (QED) is 0.642. The lowest BCUT2D eigenvalue weighted by Crippen LogP contribution is -2.36. The SMILES string of the molecule is CCOC(=O)c1c(C)[nH]c(C)c1S(=O)(=O)N(C)CC(=O)Nc1ccc(Cl)cc1C. The minimum Gasteiger partial charge on any atom is -0.462 e. The number of aromatic amines is 1. The van der Waals surface area contributed by atoms with Crippen molar-refractivity contribution in [3.8, 4) is 0 Å². The summed E-state index contributed by atoms with van der Waals surface area (Å²) in [4.78, 5) is 27.4. The molecule has 2 N–H and O–H groups in total. The summed E-state index contributed by atoms with van der Waals surface area (Å²) in [6.07, 6.45) is 0. The van der Waals surface area contributed by atoms with Crippen LogP contribution in [0.15, 0.2) is 23.1 Å². The van der Waals surface area contributed by atoms with Gasteiger partial charge in [-0.1, -0.05) is 11.6 Å². The van der Waals surface area contributed by atoms with Gasteiger partial charge in [0.15, 0.2) is 0 Å². The van der Waals surface area contributed by atoms with E-state index in [2.05, 4.69) is 10.3 Å². The fourth-order valence-corrected chi connectivity index (χ4v) is 4.69. The highest BCUT2D eigenvalue weighted by molar-refractivity contribution is 7.89. The Bertz CT molecular complexity index is 1050. The largest absolute Gasteiger partial charge is 0.462 e. The molecule has 1 heterocycles. The molecule has 0 fully saturated rings. The Labute approximate surface area is 175 Å². The third-order valence-electron chi connectivity index (χ3n) is 4.29. The molecule has 8 nitrogen and oxygen atoms in total. The summed E-state index contributed by atoms with van der Waals surface area (Å²) < 4.78 is 32.1. The Morgan fingerprint density at radius 1 is 1.21 bits per heavy atom. The summed E-state index contributed by atoms with van der Waals surface area (Å²) in [5.74, 6) is -1.26. The van der Waals surface area contributed by atoms with Crippen molar-refractivity contribution >= 4 is 39.2 Å². The number of aryl methyl sites for hydroxylation is 3. The first kappa shape index (κ1) is 22.9. The lowest BCUT2D eigenvalue weighted by Gasteiger charge is -2.18. The number of nitrogens with zero attached hydrogens (tertiary/aromatic N) is 1. The number of ether oxygens (including phenoxy) is 1. The van der Waals surface area contributed by atoms with Crippen LogP contribution in [-0.2, 0) is 19.6 Å². The van der Waals surface area contributed by atoms with Crippen LogP contribution in [0.1, 0.15) is 34.2 Å². The van der Waals surface area contributed by atoms with Crippen LogP contribution < -0.4 is 5.32 Å². The molecule has 2 rings (SSSR count). The number of likely N-dealkylation sites (N-methyl/N-ethyl adjacent to an activating group) is 1. The molecule has 0 saturated heterocycles. The maximum atomic E-state index is 13.1. The number of hydrogen-bond donors (Lipinski definition) is 2. The van der Waals surface area contributed by atoms with Crippen LogP contribution in [0, 0.1) is 20.8 Å². The second-order valence-corrected chi connectivity index (χ2v) is 8.99. The summed E-state index contributed by atoms with van der Waals surface area (Å²) in [7, 11) is -2.85. The van der Waals surface area contributed by atoms with Gasteiger partial charge in [-0.2, -0.15) is 4.31 Å². The molecule has 1 aromatic heterocycles. The molecule has 2 aromatic rings. The highest BCUT2D eigenvalue weighted by Crippen LogP contribution is 2.27. The maximum absolute atomic E-state index is 13.1. The van der Waals surface area contributed by atoms with E-state index in [1.165, 1.54) is 7.05 Å². The maximum Gasteiger partial charge on any atom is 0.341 e. The number of hydrogen-bond acceptors (Lipinski definition) is 5. The fraction of sp³-hybridized carbons (Fsp3) is 0.368. The molecule has 0 spiro atoms. The van der Waals surface area contributed by atoms with Gasteiger partial charge in [-0.15, -0.1) is 0 Å². The number of carbonyl (C=O) groups excluding carboxylic acids is 2. The minimum absolute atomic E-state index is 0.0508. The topological polar surface area (TPSA) is 109 Å². The van der Waals surface area contributed by atoms with Crippen molar-refractivity contribution in [1.82, 2.24) is 9.29 Å². The predicted octanol–water partition coefficient (Wildman–Crippen LogP) is 3.03.